The first kappa shape index (κ1) is 11.9. The highest BCUT2D eigenvalue weighted by Crippen LogP contribution is 2.29. The molecule has 0 radical (unpaired) electrons. The predicted octanol–water partition coefficient (Wildman–Crippen LogP) is 1.76. The first-order chi connectivity index (χ1) is 7.65. The van der Waals surface area contributed by atoms with E-state index in [4.69, 9.17) is 5.73 Å². The van der Waals surface area contributed by atoms with Gasteiger partial charge in [-0.3, -0.25) is 4.79 Å². The molecule has 0 bridgehead atoms. The zero-order valence-electron chi connectivity index (χ0n) is 10.3. The Morgan fingerprint density at radius 2 is 1.88 bits per heavy atom. The maximum atomic E-state index is 12.0. The number of carbonyl (C=O) groups is 1. The summed E-state index contributed by atoms with van der Waals surface area (Å²) in [6, 6.07) is 0.392. The quantitative estimate of drug-likeness (QED) is 0.791. The Morgan fingerprint density at radius 3 is 2.44 bits per heavy atom. The first-order valence-electron chi connectivity index (χ1n) is 6.64. The number of hydrogen-bond acceptors (Lipinski definition) is 2. The van der Waals surface area contributed by atoms with E-state index in [-0.39, 0.29) is 0 Å². The van der Waals surface area contributed by atoms with Crippen LogP contribution in [0.15, 0.2) is 0 Å². The molecule has 16 heavy (non-hydrogen) atoms. The molecule has 0 saturated heterocycles. The van der Waals surface area contributed by atoms with E-state index in [1.807, 2.05) is 11.9 Å². The normalized spacial score (nSPS) is 30.1. The topological polar surface area (TPSA) is 46.3 Å². The van der Waals surface area contributed by atoms with Crippen LogP contribution in [0, 0.1) is 11.8 Å². The van der Waals surface area contributed by atoms with Gasteiger partial charge in [-0.05, 0) is 37.5 Å². The van der Waals surface area contributed by atoms with Crippen LogP contribution in [0.25, 0.3) is 0 Å². The molecule has 2 saturated carbocycles. The Labute approximate surface area is 98.4 Å². The molecular formula is C13H24N2O. The summed E-state index contributed by atoms with van der Waals surface area (Å²) in [6.07, 6.45) is 8.12. The standard InChI is InChI=1S/C13H24N2O/c1-15(9-11-6-12(14)7-11)13(16)8-10-4-2-3-5-10/h10-12H,2-9,14H2,1H3. The third kappa shape index (κ3) is 2.97. The lowest BCUT2D eigenvalue weighted by atomic mass is 9.80. The summed E-state index contributed by atoms with van der Waals surface area (Å²) in [7, 11) is 1.95. The van der Waals surface area contributed by atoms with E-state index in [2.05, 4.69) is 0 Å². The maximum absolute atomic E-state index is 12.0. The highest BCUT2D eigenvalue weighted by molar-refractivity contribution is 5.76. The average molecular weight is 224 g/mol. The van der Waals surface area contributed by atoms with Crippen LogP contribution >= 0.6 is 0 Å². The summed E-state index contributed by atoms with van der Waals surface area (Å²) >= 11 is 0. The summed E-state index contributed by atoms with van der Waals surface area (Å²) in [6.45, 7) is 0.916. The molecule has 1 amide bonds. The van der Waals surface area contributed by atoms with E-state index < -0.39 is 0 Å². The molecule has 3 heteroatoms. The number of amides is 1. The fourth-order valence-corrected chi connectivity index (χ4v) is 3.04. The van der Waals surface area contributed by atoms with Crippen LogP contribution in [-0.2, 0) is 4.79 Å². The summed E-state index contributed by atoms with van der Waals surface area (Å²) in [4.78, 5) is 13.9. The van der Waals surface area contributed by atoms with Gasteiger partial charge in [-0.2, -0.15) is 0 Å². The van der Waals surface area contributed by atoms with Crippen molar-refractivity contribution < 1.29 is 4.79 Å². The van der Waals surface area contributed by atoms with Crippen LogP contribution in [0.5, 0.6) is 0 Å². The minimum Gasteiger partial charge on any atom is -0.345 e. The molecule has 2 rings (SSSR count). The van der Waals surface area contributed by atoms with Gasteiger partial charge in [0.05, 0.1) is 0 Å². The molecule has 0 aromatic carbocycles. The monoisotopic (exact) mass is 224 g/mol. The van der Waals surface area contributed by atoms with Crippen molar-refractivity contribution in [3.05, 3.63) is 0 Å². The Kier molecular flexibility index (Phi) is 3.85. The second-order valence-corrected chi connectivity index (χ2v) is 5.73. The second kappa shape index (κ2) is 5.17. The zero-order chi connectivity index (χ0) is 11.5. The molecule has 0 aromatic heterocycles. The van der Waals surface area contributed by atoms with E-state index in [9.17, 15) is 4.79 Å². The number of nitrogens with two attached hydrogens (primary N) is 1. The van der Waals surface area contributed by atoms with Gasteiger partial charge in [0.2, 0.25) is 5.91 Å². The molecule has 92 valence electrons. The molecule has 0 spiro atoms. The van der Waals surface area contributed by atoms with Crippen molar-refractivity contribution in [1.82, 2.24) is 4.90 Å². The molecule has 0 heterocycles. The number of nitrogens with zero attached hydrogens (tertiary/aromatic N) is 1. The van der Waals surface area contributed by atoms with Gasteiger partial charge in [0.25, 0.3) is 0 Å². The smallest absolute Gasteiger partial charge is 0.222 e. The average Bonchev–Trinajstić information content (AvgIpc) is 2.68. The van der Waals surface area contributed by atoms with E-state index >= 15 is 0 Å². The van der Waals surface area contributed by atoms with Gasteiger partial charge >= 0.3 is 0 Å². The van der Waals surface area contributed by atoms with E-state index in [1.165, 1.54) is 25.7 Å². The molecule has 0 aromatic rings. The molecule has 0 unspecified atom stereocenters. The van der Waals surface area contributed by atoms with Gasteiger partial charge in [-0.25, -0.2) is 0 Å². The molecule has 0 aliphatic heterocycles. The summed E-state index contributed by atoms with van der Waals surface area (Å²) in [5.41, 5.74) is 5.75. The van der Waals surface area contributed by atoms with E-state index in [0.717, 1.165) is 25.8 Å². The Hall–Kier alpha value is -0.570. The van der Waals surface area contributed by atoms with Crippen LogP contribution < -0.4 is 5.73 Å². The number of hydrogen-bond donors (Lipinski definition) is 1. The van der Waals surface area contributed by atoms with Gasteiger partial charge in [0.1, 0.15) is 0 Å². The SMILES string of the molecule is CN(CC1CC(N)C1)C(=O)CC1CCCC1. The van der Waals surface area contributed by atoms with Crippen molar-refractivity contribution in [2.24, 2.45) is 17.6 Å². The zero-order valence-corrected chi connectivity index (χ0v) is 10.3. The largest absolute Gasteiger partial charge is 0.345 e. The van der Waals surface area contributed by atoms with Gasteiger partial charge in [-0.1, -0.05) is 12.8 Å². The molecular weight excluding hydrogens is 200 g/mol. The summed E-state index contributed by atoms with van der Waals surface area (Å²) in [5.74, 6) is 1.67. The van der Waals surface area contributed by atoms with Crippen LogP contribution in [-0.4, -0.2) is 30.4 Å². The summed E-state index contributed by atoms with van der Waals surface area (Å²) in [5, 5.41) is 0. The van der Waals surface area contributed by atoms with Gasteiger partial charge in [0, 0.05) is 26.1 Å². The van der Waals surface area contributed by atoms with Crippen LogP contribution in [0.4, 0.5) is 0 Å². The minimum atomic E-state index is 0.340. The fourth-order valence-electron chi connectivity index (χ4n) is 3.04. The molecule has 2 aliphatic rings. The molecule has 0 atom stereocenters. The lowest BCUT2D eigenvalue weighted by Gasteiger charge is -2.35. The van der Waals surface area contributed by atoms with Crippen LogP contribution in [0.2, 0.25) is 0 Å². The Bertz CT molecular complexity index is 242. The molecule has 2 fully saturated rings. The van der Waals surface area contributed by atoms with Crippen LogP contribution in [0.1, 0.15) is 44.9 Å². The van der Waals surface area contributed by atoms with Crippen molar-refractivity contribution in [3.8, 4) is 0 Å². The fraction of sp³-hybridized carbons (Fsp3) is 0.923. The van der Waals surface area contributed by atoms with Gasteiger partial charge in [0.15, 0.2) is 0 Å². The molecule has 3 nitrogen and oxygen atoms in total. The molecule has 2 aliphatic carbocycles. The highest BCUT2D eigenvalue weighted by Gasteiger charge is 2.28. The van der Waals surface area contributed by atoms with Crippen molar-refractivity contribution in [3.63, 3.8) is 0 Å². The van der Waals surface area contributed by atoms with Gasteiger partial charge in [-0.15, -0.1) is 0 Å². The lowest BCUT2D eigenvalue weighted by molar-refractivity contribution is -0.131. The first-order valence-corrected chi connectivity index (χ1v) is 6.64. The Morgan fingerprint density at radius 1 is 1.25 bits per heavy atom. The van der Waals surface area contributed by atoms with E-state index in [0.29, 0.717) is 23.8 Å². The predicted molar refractivity (Wildman–Crippen MR) is 64.9 cm³/mol. The number of carbonyl (C=O) groups excluding carboxylic acids is 1. The van der Waals surface area contributed by atoms with Crippen molar-refractivity contribution in [2.45, 2.75) is 51.0 Å². The Balaban J connectivity index is 1.67. The van der Waals surface area contributed by atoms with Crippen molar-refractivity contribution >= 4 is 5.91 Å². The van der Waals surface area contributed by atoms with E-state index in [1.54, 1.807) is 0 Å². The lowest BCUT2D eigenvalue weighted by Crippen LogP contribution is -2.43. The van der Waals surface area contributed by atoms with Crippen molar-refractivity contribution in [1.29, 1.82) is 0 Å². The minimum absolute atomic E-state index is 0.340. The van der Waals surface area contributed by atoms with Crippen LogP contribution in [0.3, 0.4) is 0 Å². The summed E-state index contributed by atoms with van der Waals surface area (Å²) < 4.78 is 0. The highest BCUT2D eigenvalue weighted by atomic mass is 16.2. The second-order valence-electron chi connectivity index (χ2n) is 5.73. The maximum Gasteiger partial charge on any atom is 0.222 e. The molecule has 2 N–H and O–H groups in total. The third-order valence-corrected chi connectivity index (χ3v) is 4.17. The third-order valence-electron chi connectivity index (χ3n) is 4.17. The van der Waals surface area contributed by atoms with Gasteiger partial charge < -0.3 is 10.6 Å². The number of rotatable bonds is 4. The van der Waals surface area contributed by atoms with Crippen molar-refractivity contribution in [2.75, 3.05) is 13.6 Å².